The van der Waals surface area contributed by atoms with Crippen LogP contribution in [-0.4, -0.2) is 44.4 Å². The van der Waals surface area contributed by atoms with Gasteiger partial charge in [-0.25, -0.2) is 17.9 Å². The van der Waals surface area contributed by atoms with Gasteiger partial charge < -0.3 is 14.6 Å². The molecule has 9 nitrogen and oxygen atoms in total. The predicted molar refractivity (Wildman–Crippen MR) is 196 cm³/mol. The van der Waals surface area contributed by atoms with E-state index in [1.54, 1.807) is 0 Å². The lowest BCUT2D eigenvalue weighted by molar-refractivity contribution is -0.122. The Morgan fingerprint density at radius 2 is 1.32 bits per heavy atom. The number of nitrogens with one attached hydrogen (secondary N) is 2. The first-order valence-electron chi connectivity index (χ1n) is 17.9. The zero-order valence-corrected chi connectivity index (χ0v) is 30.4. The van der Waals surface area contributed by atoms with E-state index in [-0.39, 0.29) is 25.8 Å². The van der Waals surface area contributed by atoms with Gasteiger partial charge in [0.2, 0.25) is 5.91 Å². The molecule has 1 aliphatic heterocycles. The minimum Gasteiger partial charge on any atom is -0.403 e. The summed E-state index contributed by atoms with van der Waals surface area (Å²) in [5, 5.41) is 19.2. The van der Waals surface area contributed by atoms with Crippen molar-refractivity contribution in [1.29, 1.82) is 0 Å². The van der Waals surface area contributed by atoms with E-state index < -0.39 is 46.1 Å². The number of aromatic nitrogens is 4. The van der Waals surface area contributed by atoms with Crippen LogP contribution in [-0.2, 0) is 32.7 Å². The van der Waals surface area contributed by atoms with Crippen molar-refractivity contribution >= 4 is 13.0 Å². The SMILES string of the molecule is CC1(C)OB(CCCCC(NC(c2ccccc2)(c2ccccc2)c2ccccc2)c2nnnn2CC(=O)NCc2cc(F)c(F)c(F)c2)OC1(C)C. The van der Waals surface area contributed by atoms with Crippen LogP contribution in [0.5, 0.6) is 0 Å². The maximum absolute atomic E-state index is 13.8. The van der Waals surface area contributed by atoms with Gasteiger partial charge in [0.05, 0.1) is 22.8 Å². The molecule has 2 heterocycles. The maximum atomic E-state index is 13.8. The molecule has 1 atom stereocenters. The van der Waals surface area contributed by atoms with Crippen LogP contribution in [0.3, 0.4) is 0 Å². The summed E-state index contributed by atoms with van der Waals surface area (Å²) in [5.41, 5.74) is 1.34. The maximum Gasteiger partial charge on any atom is 0.457 e. The van der Waals surface area contributed by atoms with Crippen LogP contribution in [0.1, 0.15) is 81.1 Å². The smallest absolute Gasteiger partial charge is 0.403 e. The molecule has 2 N–H and O–H groups in total. The Balaban J connectivity index is 1.31. The van der Waals surface area contributed by atoms with Crippen LogP contribution in [0.15, 0.2) is 103 Å². The summed E-state index contributed by atoms with van der Waals surface area (Å²) in [7, 11) is -0.333. The third-order valence-corrected chi connectivity index (χ3v) is 10.2. The largest absolute Gasteiger partial charge is 0.457 e. The standard InChI is InChI=1S/C40H44BF3N6O3/c1-38(2)39(3,4)53-41(52-38)23-15-14-22-34(37-47-48-49-50(37)27-35(51)45-26-28-24-32(42)36(44)33(43)25-28)46-40(29-16-8-5-9-17-29,30-18-10-6-11-19-30)31-20-12-7-13-21-31/h5-13,16-21,24-25,34,46H,14-15,22-23,26-27H2,1-4H3,(H,45,51). The van der Waals surface area contributed by atoms with E-state index in [4.69, 9.17) is 9.31 Å². The van der Waals surface area contributed by atoms with Crippen LogP contribution in [0.25, 0.3) is 0 Å². The highest BCUT2D eigenvalue weighted by molar-refractivity contribution is 6.45. The first kappa shape index (κ1) is 37.9. The number of nitrogens with zero attached hydrogens (tertiary/aromatic N) is 4. The Labute approximate surface area is 308 Å². The number of benzene rings is 4. The van der Waals surface area contributed by atoms with Gasteiger partial charge in [-0.1, -0.05) is 104 Å². The van der Waals surface area contributed by atoms with Crippen LogP contribution >= 0.6 is 0 Å². The molecule has 53 heavy (non-hydrogen) atoms. The van der Waals surface area contributed by atoms with E-state index >= 15 is 0 Å². The number of carbonyl (C=O) groups excluding carboxylic acids is 1. The molecule has 1 aromatic heterocycles. The highest BCUT2D eigenvalue weighted by Gasteiger charge is 2.50. The molecule has 6 rings (SSSR count). The lowest BCUT2D eigenvalue weighted by Gasteiger charge is -2.40. The second-order valence-electron chi connectivity index (χ2n) is 14.4. The van der Waals surface area contributed by atoms with Crippen molar-refractivity contribution in [3.8, 4) is 0 Å². The number of tetrazole rings is 1. The average molecular weight is 725 g/mol. The van der Waals surface area contributed by atoms with Gasteiger partial charge in [0.15, 0.2) is 23.3 Å². The highest BCUT2D eigenvalue weighted by Crippen LogP contribution is 2.41. The van der Waals surface area contributed by atoms with Crippen LogP contribution in [0.4, 0.5) is 13.2 Å². The van der Waals surface area contributed by atoms with Gasteiger partial charge in [-0.3, -0.25) is 10.1 Å². The fourth-order valence-corrected chi connectivity index (χ4v) is 6.76. The summed E-state index contributed by atoms with van der Waals surface area (Å²) in [6.45, 7) is 7.66. The van der Waals surface area contributed by atoms with Crippen LogP contribution < -0.4 is 10.6 Å². The Bertz CT molecular complexity index is 1850. The molecule has 0 spiro atoms. The average Bonchev–Trinajstić information content (AvgIpc) is 3.69. The minimum absolute atomic E-state index is 0.0756. The topological polar surface area (TPSA) is 103 Å². The minimum atomic E-state index is -1.56. The van der Waals surface area contributed by atoms with Crippen molar-refractivity contribution in [3.05, 3.63) is 149 Å². The van der Waals surface area contributed by atoms with Crippen molar-refractivity contribution in [1.82, 2.24) is 30.8 Å². The van der Waals surface area contributed by atoms with Crippen molar-refractivity contribution < 1.29 is 27.3 Å². The van der Waals surface area contributed by atoms with Crippen molar-refractivity contribution in [2.75, 3.05) is 0 Å². The Hall–Kier alpha value is -4.85. The summed E-state index contributed by atoms with van der Waals surface area (Å²) in [6, 6.07) is 31.7. The van der Waals surface area contributed by atoms with E-state index in [9.17, 15) is 18.0 Å². The molecule has 276 valence electrons. The second kappa shape index (κ2) is 16.0. The molecule has 1 unspecified atom stereocenters. The zero-order valence-electron chi connectivity index (χ0n) is 30.4. The molecule has 1 aliphatic rings. The summed E-state index contributed by atoms with van der Waals surface area (Å²) in [5.74, 6) is -4.29. The van der Waals surface area contributed by atoms with Crippen molar-refractivity contribution in [2.24, 2.45) is 0 Å². The first-order chi connectivity index (χ1) is 25.4. The summed E-state index contributed by atoms with van der Waals surface area (Å²) in [6.07, 6.45) is 2.82. The number of rotatable bonds is 15. The monoisotopic (exact) mass is 724 g/mol. The third kappa shape index (κ3) is 8.37. The molecule has 0 radical (unpaired) electrons. The first-order valence-corrected chi connectivity index (χ1v) is 17.9. The molecule has 1 saturated heterocycles. The molecule has 1 fully saturated rings. The molecular formula is C40H44BF3N6O3. The van der Waals surface area contributed by atoms with Gasteiger partial charge in [0.25, 0.3) is 0 Å². The lowest BCUT2D eigenvalue weighted by atomic mass is 9.76. The number of carbonyl (C=O) groups is 1. The van der Waals surface area contributed by atoms with Gasteiger partial charge in [-0.2, -0.15) is 0 Å². The quantitative estimate of drug-likeness (QED) is 0.0506. The van der Waals surface area contributed by atoms with Gasteiger partial charge in [-0.05, 0) is 85.2 Å². The molecule has 0 bridgehead atoms. The lowest BCUT2D eigenvalue weighted by Crippen LogP contribution is -2.47. The van der Waals surface area contributed by atoms with Gasteiger partial charge in [0, 0.05) is 6.54 Å². The summed E-state index contributed by atoms with van der Waals surface area (Å²) >= 11 is 0. The predicted octanol–water partition coefficient (Wildman–Crippen LogP) is 7.29. The molecular weight excluding hydrogens is 680 g/mol. The molecule has 13 heteroatoms. The van der Waals surface area contributed by atoms with Gasteiger partial charge in [0.1, 0.15) is 6.54 Å². The van der Waals surface area contributed by atoms with Crippen LogP contribution in [0, 0.1) is 17.5 Å². The van der Waals surface area contributed by atoms with E-state index in [1.807, 2.05) is 82.3 Å². The zero-order chi connectivity index (χ0) is 37.6. The number of halogens is 3. The van der Waals surface area contributed by atoms with Gasteiger partial charge in [-0.15, -0.1) is 5.10 Å². The van der Waals surface area contributed by atoms with Gasteiger partial charge >= 0.3 is 7.12 Å². The molecule has 0 saturated carbocycles. The van der Waals surface area contributed by atoms with E-state index in [0.29, 0.717) is 18.6 Å². The normalized spacial score (nSPS) is 15.7. The van der Waals surface area contributed by atoms with E-state index in [1.165, 1.54) is 4.68 Å². The Morgan fingerprint density at radius 3 is 1.83 bits per heavy atom. The number of hydrogen-bond acceptors (Lipinski definition) is 7. The van der Waals surface area contributed by atoms with E-state index in [0.717, 1.165) is 41.7 Å². The fraction of sp³-hybridized carbons (Fsp3) is 0.350. The van der Waals surface area contributed by atoms with Crippen molar-refractivity contribution in [3.63, 3.8) is 0 Å². The third-order valence-electron chi connectivity index (χ3n) is 10.2. The second-order valence-corrected chi connectivity index (χ2v) is 14.4. The number of unbranched alkanes of at least 4 members (excludes halogenated alkanes) is 1. The van der Waals surface area contributed by atoms with Crippen LogP contribution in [0.2, 0.25) is 6.32 Å². The highest BCUT2D eigenvalue weighted by atomic mass is 19.2. The number of hydrogen-bond donors (Lipinski definition) is 2. The fourth-order valence-electron chi connectivity index (χ4n) is 6.76. The molecule has 5 aromatic rings. The Morgan fingerprint density at radius 1 is 0.811 bits per heavy atom. The molecule has 0 aliphatic carbocycles. The summed E-state index contributed by atoms with van der Waals surface area (Å²) < 4.78 is 55.1. The molecule has 4 aromatic carbocycles. The number of amides is 1. The van der Waals surface area contributed by atoms with Crippen molar-refractivity contribution in [2.45, 2.75) is 89.1 Å². The van der Waals surface area contributed by atoms with E-state index in [2.05, 4.69) is 62.6 Å². The molecule has 1 amide bonds. The Kier molecular flexibility index (Phi) is 11.5. The summed E-state index contributed by atoms with van der Waals surface area (Å²) in [4.78, 5) is 13.2.